The molecule has 3 aromatic carbocycles. The molecule has 0 spiro atoms. The highest BCUT2D eigenvalue weighted by molar-refractivity contribution is 6.31. The second kappa shape index (κ2) is 9.55. The van der Waals surface area contributed by atoms with Gasteiger partial charge in [-0.2, -0.15) is 0 Å². The van der Waals surface area contributed by atoms with Crippen LogP contribution in [0.3, 0.4) is 0 Å². The van der Waals surface area contributed by atoms with Crippen LogP contribution in [-0.2, 0) is 10.3 Å². The third-order valence-electron chi connectivity index (χ3n) is 5.56. The minimum Gasteiger partial charge on any atom is -0.385 e. The normalized spacial score (nSPS) is 11.4. The van der Waals surface area contributed by atoms with Crippen molar-refractivity contribution in [3.8, 4) is 0 Å². The Balaban J connectivity index is 2.28. The molecule has 0 aliphatic rings. The van der Waals surface area contributed by atoms with E-state index in [-0.39, 0.29) is 0 Å². The molecule has 2 N–H and O–H groups in total. The van der Waals surface area contributed by atoms with Crippen molar-refractivity contribution >= 4 is 23.0 Å². The molecule has 0 amide bonds. The zero-order chi connectivity index (χ0) is 21.7. The van der Waals surface area contributed by atoms with Gasteiger partial charge in [0.25, 0.3) is 0 Å². The van der Waals surface area contributed by atoms with E-state index < -0.39 is 5.60 Å². The van der Waals surface area contributed by atoms with Crippen molar-refractivity contribution in [1.29, 1.82) is 0 Å². The number of rotatable bonds is 8. The summed E-state index contributed by atoms with van der Waals surface area (Å²) >= 11 is 6.72. The fourth-order valence-corrected chi connectivity index (χ4v) is 4.38. The Morgan fingerprint density at radius 1 is 0.800 bits per heavy atom. The molecule has 0 bridgehead atoms. The number of halogens is 1. The molecule has 0 aromatic heterocycles. The van der Waals surface area contributed by atoms with Crippen LogP contribution in [0.25, 0.3) is 0 Å². The molecular formula is C26H31ClN2O. The van der Waals surface area contributed by atoms with Crippen molar-refractivity contribution in [2.24, 2.45) is 0 Å². The lowest BCUT2D eigenvalue weighted by atomic mass is 9.79. The van der Waals surface area contributed by atoms with Gasteiger partial charge < -0.3 is 15.4 Å². The first-order valence-corrected chi connectivity index (χ1v) is 10.9. The summed E-state index contributed by atoms with van der Waals surface area (Å²) in [6.45, 7) is 10.2. The molecule has 0 saturated heterocycles. The zero-order valence-electron chi connectivity index (χ0n) is 18.5. The van der Waals surface area contributed by atoms with Crippen LogP contribution in [0.2, 0.25) is 5.02 Å². The SMILES string of the molecule is CCNc1ccc(C(OC)(c2ccc(NCC)c(C)c2)c2ccccc2Cl)cc1C. The van der Waals surface area contributed by atoms with E-state index in [1.807, 2.05) is 24.3 Å². The first-order valence-electron chi connectivity index (χ1n) is 10.5. The number of benzene rings is 3. The quantitative estimate of drug-likeness (QED) is 0.393. The Morgan fingerprint density at radius 2 is 1.30 bits per heavy atom. The second-order valence-electron chi connectivity index (χ2n) is 7.49. The standard InChI is InChI=1S/C26H31ClN2O/c1-6-28-24-14-12-20(16-18(24)3)26(30-5,22-10-8-9-11-23(22)27)21-13-15-25(29-7-2)19(4)17-21/h8-17,28-29H,6-7H2,1-5H3. The number of aryl methyl sites for hydroxylation is 2. The maximum Gasteiger partial charge on any atom is 0.144 e. The average molecular weight is 423 g/mol. The number of methoxy groups -OCH3 is 1. The highest BCUT2D eigenvalue weighted by Gasteiger charge is 2.38. The van der Waals surface area contributed by atoms with E-state index in [0.717, 1.165) is 41.2 Å². The third kappa shape index (κ3) is 4.05. The summed E-state index contributed by atoms with van der Waals surface area (Å²) in [5.41, 5.74) is 6.81. The second-order valence-corrected chi connectivity index (χ2v) is 7.89. The predicted molar refractivity (Wildman–Crippen MR) is 129 cm³/mol. The van der Waals surface area contributed by atoms with Gasteiger partial charge in [0, 0.05) is 42.2 Å². The van der Waals surface area contributed by atoms with Crippen LogP contribution in [0.5, 0.6) is 0 Å². The summed E-state index contributed by atoms with van der Waals surface area (Å²) < 4.78 is 6.36. The molecule has 0 atom stereocenters. The molecule has 4 heteroatoms. The fourth-order valence-electron chi connectivity index (χ4n) is 4.11. The first kappa shape index (κ1) is 22.2. The highest BCUT2D eigenvalue weighted by atomic mass is 35.5. The topological polar surface area (TPSA) is 33.3 Å². The van der Waals surface area contributed by atoms with Crippen molar-refractivity contribution in [2.75, 3.05) is 30.8 Å². The van der Waals surface area contributed by atoms with E-state index in [0.29, 0.717) is 5.02 Å². The van der Waals surface area contributed by atoms with E-state index in [4.69, 9.17) is 16.3 Å². The molecule has 158 valence electrons. The Bertz CT molecular complexity index is 960. The molecule has 0 fully saturated rings. The van der Waals surface area contributed by atoms with Crippen molar-refractivity contribution in [1.82, 2.24) is 0 Å². The van der Waals surface area contributed by atoms with Crippen LogP contribution in [0.4, 0.5) is 11.4 Å². The van der Waals surface area contributed by atoms with E-state index >= 15 is 0 Å². The maximum absolute atomic E-state index is 6.72. The fraction of sp³-hybridized carbons (Fsp3) is 0.308. The minimum atomic E-state index is -0.816. The number of anilines is 2. The summed E-state index contributed by atoms with van der Waals surface area (Å²) in [7, 11) is 1.75. The molecule has 0 unspecified atom stereocenters. The van der Waals surface area contributed by atoms with Gasteiger partial charge in [-0.05, 0) is 68.1 Å². The van der Waals surface area contributed by atoms with Gasteiger partial charge in [0.05, 0.1) is 0 Å². The van der Waals surface area contributed by atoms with Gasteiger partial charge in [0.15, 0.2) is 0 Å². The Labute approximate surface area is 185 Å². The lowest BCUT2D eigenvalue weighted by Crippen LogP contribution is -2.32. The van der Waals surface area contributed by atoms with Crippen LogP contribution < -0.4 is 10.6 Å². The molecule has 0 radical (unpaired) electrons. The summed E-state index contributed by atoms with van der Waals surface area (Å²) in [6.07, 6.45) is 0. The van der Waals surface area contributed by atoms with E-state index in [1.54, 1.807) is 7.11 Å². The van der Waals surface area contributed by atoms with Gasteiger partial charge >= 0.3 is 0 Å². The molecule has 3 aromatic rings. The van der Waals surface area contributed by atoms with Crippen LogP contribution in [0.15, 0.2) is 60.7 Å². The Kier molecular flexibility index (Phi) is 7.06. The van der Waals surface area contributed by atoms with Crippen LogP contribution in [0.1, 0.15) is 41.7 Å². The van der Waals surface area contributed by atoms with Crippen LogP contribution in [0, 0.1) is 13.8 Å². The third-order valence-corrected chi connectivity index (χ3v) is 5.89. The summed E-state index contributed by atoms with van der Waals surface area (Å²) in [4.78, 5) is 0. The molecule has 0 aliphatic heterocycles. The molecule has 3 nitrogen and oxygen atoms in total. The lowest BCUT2D eigenvalue weighted by molar-refractivity contribution is 0.0585. The largest absolute Gasteiger partial charge is 0.385 e. The summed E-state index contributed by atoms with van der Waals surface area (Å²) in [6, 6.07) is 20.8. The Morgan fingerprint density at radius 3 is 1.70 bits per heavy atom. The van der Waals surface area contributed by atoms with Gasteiger partial charge in [-0.3, -0.25) is 0 Å². The number of nitrogens with one attached hydrogen (secondary N) is 2. The van der Waals surface area contributed by atoms with Gasteiger partial charge in [-0.1, -0.05) is 54.1 Å². The lowest BCUT2D eigenvalue weighted by Gasteiger charge is -2.36. The summed E-state index contributed by atoms with van der Waals surface area (Å²) in [5, 5.41) is 7.52. The van der Waals surface area contributed by atoms with Gasteiger partial charge in [0.1, 0.15) is 5.60 Å². The number of hydrogen-bond donors (Lipinski definition) is 2. The number of ether oxygens (including phenoxy) is 1. The molecule has 0 heterocycles. The molecule has 30 heavy (non-hydrogen) atoms. The van der Waals surface area contributed by atoms with Gasteiger partial charge in [0.2, 0.25) is 0 Å². The van der Waals surface area contributed by atoms with Crippen LogP contribution >= 0.6 is 11.6 Å². The van der Waals surface area contributed by atoms with Crippen molar-refractivity contribution in [3.63, 3.8) is 0 Å². The first-order chi connectivity index (χ1) is 14.5. The van der Waals surface area contributed by atoms with E-state index in [2.05, 4.69) is 74.7 Å². The molecule has 3 rings (SSSR count). The Hall–Kier alpha value is -2.49. The predicted octanol–water partition coefficient (Wildman–Crippen LogP) is 6.76. The average Bonchev–Trinajstić information content (AvgIpc) is 2.74. The molecule has 0 saturated carbocycles. The van der Waals surface area contributed by atoms with Gasteiger partial charge in [-0.15, -0.1) is 0 Å². The summed E-state index contributed by atoms with van der Waals surface area (Å²) in [5.74, 6) is 0. The zero-order valence-corrected chi connectivity index (χ0v) is 19.2. The van der Waals surface area contributed by atoms with Crippen molar-refractivity contribution < 1.29 is 4.74 Å². The van der Waals surface area contributed by atoms with E-state index in [9.17, 15) is 0 Å². The van der Waals surface area contributed by atoms with E-state index in [1.165, 1.54) is 11.1 Å². The molecule has 0 aliphatic carbocycles. The van der Waals surface area contributed by atoms with Crippen LogP contribution in [-0.4, -0.2) is 20.2 Å². The minimum absolute atomic E-state index is 0.682. The highest BCUT2D eigenvalue weighted by Crippen LogP contribution is 2.44. The monoisotopic (exact) mass is 422 g/mol. The van der Waals surface area contributed by atoms with Crippen molar-refractivity contribution in [3.05, 3.63) is 93.5 Å². The van der Waals surface area contributed by atoms with Gasteiger partial charge in [-0.25, -0.2) is 0 Å². The smallest absolute Gasteiger partial charge is 0.144 e. The number of hydrogen-bond acceptors (Lipinski definition) is 3. The van der Waals surface area contributed by atoms with Crippen molar-refractivity contribution in [2.45, 2.75) is 33.3 Å². The molecular weight excluding hydrogens is 392 g/mol. The maximum atomic E-state index is 6.72.